The normalized spacial score (nSPS) is 18.7. The van der Waals surface area contributed by atoms with Gasteiger partial charge in [0.2, 0.25) is 5.95 Å². The Balaban J connectivity index is 1.87. The quantitative estimate of drug-likeness (QED) is 0.317. The highest BCUT2D eigenvalue weighted by molar-refractivity contribution is 8.11. The van der Waals surface area contributed by atoms with Crippen molar-refractivity contribution in [1.82, 2.24) is 15.3 Å². The van der Waals surface area contributed by atoms with Crippen molar-refractivity contribution in [2.75, 3.05) is 23.1 Å². The number of alkyl halides is 2. The molecule has 0 saturated carbocycles. The first-order valence-electron chi connectivity index (χ1n) is 11.7. The molecule has 0 aliphatic carbocycles. The van der Waals surface area contributed by atoms with Gasteiger partial charge in [-0.3, -0.25) is 0 Å². The average Bonchev–Trinajstić information content (AvgIpc) is 2.80. The fourth-order valence-corrected chi connectivity index (χ4v) is 4.90. The fourth-order valence-electron chi connectivity index (χ4n) is 3.54. The van der Waals surface area contributed by atoms with Crippen LogP contribution >= 0.6 is 11.8 Å². The van der Waals surface area contributed by atoms with Crippen molar-refractivity contribution >= 4 is 39.3 Å². The Kier molecular flexibility index (Phi) is 9.65. The monoisotopic (exact) mass is 555 g/mol. The van der Waals surface area contributed by atoms with Gasteiger partial charge in [-0.25, -0.2) is 27.3 Å². The number of piperidine rings is 1. The van der Waals surface area contributed by atoms with Crippen molar-refractivity contribution in [2.24, 2.45) is 0 Å². The van der Waals surface area contributed by atoms with Crippen LogP contribution < -0.4 is 20.1 Å². The summed E-state index contributed by atoms with van der Waals surface area (Å²) >= 11 is 1.32. The molecule has 0 bridgehead atoms. The lowest BCUT2D eigenvalue weighted by atomic mass is 10.0. The van der Waals surface area contributed by atoms with Gasteiger partial charge in [0.1, 0.15) is 22.5 Å². The Labute approximate surface area is 222 Å². The SMILES string of the molecule is C=C(C)S/C(=C(\C)Oc1cc(F)c(NS(=O)C(C)C)cc1C)c1ccnc(NC2CNCC(F)(F)C2)n1. The summed E-state index contributed by atoms with van der Waals surface area (Å²) in [5.41, 5.74) is 1.27. The number of aromatic nitrogens is 2. The second kappa shape index (κ2) is 12.3. The van der Waals surface area contributed by atoms with Gasteiger partial charge in [0.05, 0.1) is 22.8 Å². The summed E-state index contributed by atoms with van der Waals surface area (Å²) in [5.74, 6) is -2.45. The van der Waals surface area contributed by atoms with Crippen molar-refractivity contribution in [2.45, 2.75) is 58.3 Å². The summed E-state index contributed by atoms with van der Waals surface area (Å²) in [6, 6.07) is 3.94. The molecular weight excluding hydrogens is 523 g/mol. The molecule has 1 saturated heterocycles. The van der Waals surface area contributed by atoms with E-state index in [1.807, 2.05) is 6.92 Å². The zero-order valence-corrected chi connectivity index (χ0v) is 23.1. The number of allylic oxidation sites excluding steroid dienone is 2. The van der Waals surface area contributed by atoms with Gasteiger partial charge in [0.25, 0.3) is 5.92 Å². The molecule has 2 atom stereocenters. The average molecular weight is 556 g/mol. The topological polar surface area (TPSA) is 88.2 Å². The molecule has 2 heterocycles. The van der Waals surface area contributed by atoms with E-state index in [2.05, 4.69) is 31.9 Å². The third-order valence-electron chi connectivity index (χ3n) is 5.30. The molecule has 1 fully saturated rings. The van der Waals surface area contributed by atoms with E-state index in [-0.39, 0.29) is 29.9 Å². The molecule has 1 aromatic heterocycles. The van der Waals surface area contributed by atoms with Gasteiger partial charge in [-0.2, -0.15) is 0 Å². The largest absolute Gasteiger partial charge is 0.460 e. The fraction of sp³-hybridized carbons (Fsp3) is 0.440. The molecule has 3 rings (SSSR count). The summed E-state index contributed by atoms with van der Waals surface area (Å²) in [6.07, 6.45) is 1.21. The van der Waals surface area contributed by atoms with Gasteiger partial charge in [-0.1, -0.05) is 18.3 Å². The van der Waals surface area contributed by atoms with Gasteiger partial charge >= 0.3 is 0 Å². The van der Waals surface area contributed by atoms with Gasteiger partial charge in [-0.05, 0) is 57.2 Å². The molecule has 0 spiro atoms. The number of anilines is 2. The third kappa shape index (κ3) is 8.21. The van der Waals surface area contributed by atoms with Crippen LogP contribution in [0.3, 0.4) is 0 Å². The van der Waals surface area contributed by atoms with Crippen LogP contribution in [0.1, 0.15) is 45.4 Å². The lowest BCUT2D eigenvalue weighted by Crippen LogP contribution is -2.49. The molecule has 2 unspecified atom stereocenters. The van der Waals surface area contributed by atoms with Crippen LogP contribution in [-0.2, 0) is 11.0 Å². The van der Waals surface area contributed by atoms with Crippen molar-refractivity contribution < 1.29 is 22.1 Å². The third-order valence-corrected chi connectivity index (χ3v) is 7.63. The Morgan fingerprint density at radius 2 is 2.08 bits per heavy atom. The summed E-state index contributed by atoms with van der Waals surface area (Å²) < 4.78 is 63.2. The summed E-state index contributed by atoms with van der Waals surface area (Å²) in [6.45, 7) is 12.8. The number of benzene rings is 1. The van der Waals surface area contributed by atoms with E-state index in [4.69, 9.17) is 4.74 Å². The van der Waals surface area contributed by atoms with E-state index in [1.165, 1.54) is 24.0 Å². The standard InChI is InChI=1S/C25H32F3N5O2S2/c1-14(2)36-23(20-7-8-30-24(32-20)31-18-11-25(27,28)13-29-12-18)17(6)35-22-10-19(26)21(9-16(22)5)33-37(34)15(3)4/h7-10,15,18,29,33H,1,11-13H2,2-6H3,(H,30,31,32)/b23-17+. The van der Waals surface area contributed by atoms with Gasteiger partial charge in [0.15, 0.2) is 5.82 Å². The van der Waals surface area contributed by atoms with Crippen LogP contribution in [0.5, 0.6) is 5.75 Å². The molecule has 7 nitrogen and oxygen atoms in total. The van der Waals surface area contributed by atoms with E-state index in [0.29, 0.717) is 34.2 Å². The zero-order valence-electron chi connectivity index (χ0n) is 21.5. The predicted octanol–water partition coefficient (Wildman–Crippen LogP) is 5.85. The van der Waals surface area contributed by atoms with E-state index >= 15 is 0 Å². The molecule has 12 heteroatoms. The smallest absolute Gasteiger partial charge is 0.262 e. The van der Waals surface area contributed by atoms with Gasteiger partial charge < -0.3 is 20.1 Å². The first kappa shape index (κ1) is 29.0. The summed E-state index contributed by atoms with van der Waals surface area (Å²) in [4.78, 5) is 10.1. The number of thioether (sulfide) groups is 1. The first-order valence-corrected chi connectivity index (χ1v) is 13.8. The maximum Gasteiger partial charge on any atom is 0.262 e. The van der Waals surface area contributed by atoms with Crippen LogP contribution in [-0.4, -0.2) is 44.5 Å². The molecular formula is C25H32F3N5O2S2. The minimum Gasteiger partial charge on any atom is -0.460 e. The minimum absolute atomic E-state index is 0.129. The zero-order chi connectivity index (χ0) is 27.3. The highest BCUT2D eigenvalue weighted by Crippen LogP contribution is 2.37. The molecule has 3 N–H and O–H groups in total. The van der Waals surface area contributed by atoms with Crippen LogP contribution in [0.25, 0.3) is 4.91 Å². The molecule has 0 amide bonds. The number of hydrogen-bond acceptors (Lipinski definition) is 7. The van der Waals surface area contributed by atoms with Crippen LogP contribution in [0.4, 0.5) is 24.8 Å². The molecule has 0 radical (unpaired) electrons. The van der Waals surface area contributed by atoms with Crippen molar-refractivity contribution in [1.29, 1.82) is 0 Å². The molecule has 1 aliphatic rings. The lowest BCUT2D eigenvalue weighted by Gasteiger charge is -2.30. The number of ether oxygens (including phenoxy) is 1. The molecule has 202 valence electrons. The second-order valence-corrected chi connectivity index (χ2v) is 12.2. The van der Waals surface area contributed by atoms with Crippen LogP contribution in [0.15, 0.2) is 41.6 Å². The van der Waals surface area contributed by atoms with Crippen molar-refractivity contribution in [3.63, 3.8) is 0 Å². The predicted molar refractivity (Wildman–Crippen MR) is 146 cm³/mol. The van der Waals surface area contributed by atoms with E-state index < -0.39 is 28.8 Å². The molecule has 1 aromatic carbocycles. The molecule has 2 aromatic rings. The van der Waals surface area contributed by atoms with Crippen LogP contribution in [0.2, 0.25) is 0 Å². The van der Waals surface area contributed by atoms with Crippen molar-refractivity contribution in [3.8, 4) is 5.75 Å². The maximum atomic E-state index is 14.8. The molecule has 37 heavy (non-hydrogen) atoms. The number of nitrogens with one attached hydrogen (secondary N) is 3. The maximum absolute atomic E-state index is 14.8. The highest BCUT2D eigenvalue weighted by Gasteiger charge is 2.36. The Hall–Kier alpha value is -2.57. The van der Waals surface area contributed by atoms with E-state index in [1.54, 1.807) is 39.8 Å². The van der Waals surface area contributed by atoms with E-state index in [9.17, 15) is 17.4 Å². The van der Waals surface area contributed by atoms with Gasteiger partial charge in [-0.15, -0.1) is 0 Å². The first-order chi connectivity index (χ1) is 17.3. The lowest BCUT2D eigenvalue weighted by molar-refractivity contribution is -0.0244. The number of nitrogens with zero attached hydrogens (tertiary/aromatic N) is 2. The number of hydrogen-bond donors (Lipinski definition) is 3. The second-order valence-electron chi connectivity index (χ2n) is 9.13. The molecule has 1 aliphatic heterocycles. The van der Waals surface area contributed by atoms with Crippen LogP contribution in [0, 0.1) is 12.7 Å². The highest BCUT2D eigenvalue weighted by atomic mass is 32.2. The minimum atomic E-state index is -2.80. The Bertz CT molecular complexity index is 1210. The van der Waals surface area contributed by atoms with E-state index in [0.717, 1.165) is 4.91 Å². The summed E-state index contributed by atoms with van der Waals surface area (Å²) in [7, 11) is -1.43. The summed E-state index contributed by atoms with van der Waals surface area (Å²) in [5, 5.41) is 5.52. The Morgan fingerprint density at radius 3 is 2.73 bits per heavy atom. The van der Waals surface area contributed by atoms with Crippen molar-refractivity contribution in [3.05, 3.63) is 58.7 Å². The van der Waals surface area contributed by atoms with Gasteiger partial charge in [0, 0.05) is 36.5 Å². The Morgan fingerprint density at radius 1 is 1.35 bits per heavy atom. The number of halogens is 3. The number of rotatable bonds is 10. The number of aryl methyl sites for hydroxylation is 1.